The van der Waals surface area contributed by atoms with E-state index in [1.807, 2.05) is 0 Å². The van der Waals surface area contributed by atoms with Crippen molar-refractivity contribution in [2.75, 3.05) is 32.7 Å². The molecule has 0 spiro atoms. The SMILES string of the molecule is CC(C)(O)CN1CCN(C(=O)c2cc(F)cc3[nH]cnc23)CC1. The quantitative estimate of drug-likeness (QED) is 0.892. The minimum absolute atomic E-state index is 0.204. The van der Waals surface area contributed by atoms with Crippen LogP contribution < -0.4 is 0 Å². The maximum absolute atomic E-state index is 13.7. The number of aliphatic hydroxyl groups is 1. The maximum Gasteiger partial charge on any atom is 0.256 e. The molecule has 124 valence electrons. The number of carbonyl (C=O) groups is 1. The summed E-state index contributed by atoms with van der Waals surface area (Å²) >= 11 is 0. The molecule has 1 aromatic carbocycles. The van der Waals surface area contributed by atoms with Crippen molar-refractivity contribution >= 4 is 16.9 Å². The van der Waals surface area contributed by atoms with Crippen LogP contribution in [-0.4, -0.2) is 69.1 Å². The maximum atomic E-state index is 13.7. The molecule has 6 nitrogen and oxygen atoms in total. The standard InChI is InChI=1S/C16H21FN4O2/c1-16(2,23)9-20-3-5-21(6-4-20)15(22)12-7-11(17)8-13-14(12)19-10-18-13/h7-8,10,23H,3-6,9H2,1-2H3,(H,18,19). The van der Waals surface area contributed by atoms with Crippen LogP contribution in [0.5, 0.6) is 0 Å². The van der Waals surface area contributed by atoms with Crippen molar-refractivity contribution in [1.29, 1.82) is 0 Å². The van der Waals surface area contributed by atoms with E-state index in [2.05, 4.69) is 14.9 Å². The van der Waals surface area contributed by atoms with Gasteiger partial charge in [0.1, 0.15) is 11.3 Å². The molecule has 0 aliphatic carbocycles. The summed E-state index contributed by atoms with van der Waals surface area (Å²) in [6.45, 7) is 6.59. The summed E-state index contributed by atoms with van der Waals surface area (Å²) < 4.78 is 13.7. The van der Waals surface area contributed by atoms with Crippen molar-refractivity contribution < 1.29 is 14.3 Å². The third kappa shape index (κ3) is 3.51. The Morgan fingerprint density at radius 2 is 2.04 bits per heavy atom. The lowest BCUT2D eigenvalue weighted by Gasteiger charge is -2.37. The normalized spacial score (nSPS) is 17.0. The first-order valence-electron chi connectivity index (χ1n) is 7.70. The largest absolute Gasteiger partial charge is 0.389 e. The number of fused-ring (bicyclic) bond motifs is 1. The first-order chi connectivity index (χ1) is 10.8. The molecule has 1 fully saturated rings. The zero-order chi connectivity index (χ0) is 16.6. The predicted molar refractivity (Wildman–Crippen MR) is 84.7 cm³/mol. The summed E-state index contributed by atoms with van der Waals surface area (Å²) in [5.74, 6) is -0.657. The molecule has 1 saturated heterocycles. The number of β-amino-alcohol motifs (C(OH)–C–C–N with tert-alkyl or cyclic N) is 1. The molecular formula is C16H21FN4O2. The molecular weight excluding hydrogens is 299 g/mol. The van der Waals surface area contributed by atoms with Crippen LogP contribution in [0.3, 0.4) is 0 Å². The summed E-state index contributed by atoms with van der Waals surface area (Å²) in [6, 6.07) is 2.58. The van der Waals surface area contributed by atoms with E-state index < -0.39 is 11.4 Å². The van der Waals surface area contributed by atoms with Crippen LogP contribution >= 0.6 is 0 Å². The van der Waals surface area contributed by atoms with Gasteiger partial charge in [0.25, 0.3) is 5.91 Å². The molecule has 1 aliphatic rings. The highest BCUT2D eigenvalue weighted by Crippen LogP contribution is 2.20. The lowest BCUT2D eigenvalue weighted by atomic mass is 10.1. The van der Waals surface area contributed by atoms with Crippen molar-refractivity contribution in [2.24, 2.45) is 0 Å². The molecule has 0 atom stereocenters. The predicted octanol–water partition coefficient (Wildman–Crippen LogP) is 1.23. The van der Waals surface area contributed by atoms with Gasteiger partial charge in [0.15, 0.2) is 0 Å². The Balaban J connectivity index is 1.73. The molecule has 2 aromatic rings. The first-order valence-corrected chi connectivity index (χ1v) is 7.70. The number of nitrogens with zero attached hydrogens (tertiary/aromatic N) is 3. The van der Waals surface area contributed by atoms with Gasteiger partial charge in [-0.2, -0.15) is 0 Å². The van der Waals surface area contributed by atoms with E-state index in [0.717, 1.165) is 0 Å². The van der Waals surface area contributed by atoms with E-state index in [1.54, 1.807) is 18.7 Å². The molecule has 1 amide bonds. The topological polar surface area (TPSA) is 72.5 Å². The molecule has 1 aliphatic heterocycles. The van der Waals surface area contributed by atoms with E-state index in [9.17, 15) is 14.3 Å². The van der Waals surface area contributed by atoms with Gasteiger partial charge in [0.05, 0.1) is 23.0 Å². The van der Waals surface area contributed by atoms with Crippen LogP contribution in [0.25, 0.3) is 11.0 Å². The smallest absolute Gasteiger partial charge is 0.256 e. The molecule has 0 radical (unpaired) electrons. The van der Waals surface area contributed by atoms with Crippen LogP contribution in [-0.2, 0) is 0 Å². The van der Waals surface area contributed by atoms with Crippen LogP contribution in [0, 0.1) is 5.82 Å². The number of carbonyl (C=O) groups excluding carboxylic acids is 1. The number of hydrogen-bond donors (Lipinski definition) is 2. The lowest BCUT2D eigenvalue weighted by Crippen LogP contribution is -2.52. The summed E-state index contributed by atoms with van der Waals surface area (Å²) in [5, 5.41) is 9.87. The highest BCUT2D eigenvalue weighted by Gasteiger charge is 2.27. The Morgan fingerprint density at radius 1 is 1.35 bits per heavy atom. The van der Waals surface area contributed by atoms with Gasteiger partial charge < -0.3 is 15.0 Å². The fourth-order valence-corrected chi connectivity index (χ4v) is 3.00. The van der Waals surface area contributed by atoms with E-state index in [-0.39, 0.29) is 11.5 Å². The van der Waals surface area contributed by atoms with Gasteiger partial charge in [0, 0.05) is 32.7 Å². The van der Waals surface area contributed by atoms with Gasteiger partial charge in [0.2, 0.25) is 0 Å². The second kappa shape index (κ2) is 5.90. The number of benzene rings is 1. The first kappa shape index (κ1) is 15.9. The van der Waals surface area contributed by atoms with Crippen molar-refractivity contribution in [3.63, 3.8) is 0 Å². The van der Waals surface area contributed by atoms with Crippen LogP contribution in [0.1, 0.15) is 24.2 Å². The summed E-state index contributed by atoms with van der Waals surface area (Å²) in [4.78, 5) is 23.5. The highest BCUT2D eigenvalue weighted by atomic mass is 19.1. The Morgan fingerprint density at radius 3 is 2.70 bits per heavy atom. The second-order valence-corrected chi connectivity index (χ2v) is 6.63. The minimum Gasteiger partial charge on any atom is -0.389 e. The molecule has 7 heteroatoms. The number of rotatable bonds is 3. The third-order valence-electron chi connectivity index (χ3n) is 3.99. The number of hydrogen-bond acceptors (Lipinski definition) is 4. The average Bonchev–Trinajstić information content (AvgIpc) is 2.93. The van der Waals surface area contributed by atoms with Gasteiger partial charge >= 0.3 is 0 Å². The zero-order valence-electron chi connectivity index (χ0n) is 13.3. The number of imidazole rings is 1. The Bertz CT molecular complexity index is 714. The van der Waals surface area contributed by atoms with Crippen molar-refractivity contribution in [2.45, 2.75) is 19.4 Å². The zero-order valence-corrected chi connectivity index (χ0v) is 13.3. The molecule has 0 saturated carbocycles. The van der Waals surface area contributed by atoms with Gasteiger partial charge in [-0.1, -0.05) is 0 Å². The molecule has 1 aromatic heterocycles. The minimum atomic E-state index is -0.754. The molecule has 0 unspecified atom stereocenters. The Hall–Kier alpha value is -1.99. The summed E-state index contributed by atoms with van der Waals surface area (Å²) in [6.07, 6.45) is 1.46. The van der Waals surface area contributed by atoms with Crippen LogP contribution in [0.15, 0.2) is 18.5 Å². The Kier molecular flexibility index (Phi) is 4.08. The fraction of sp³-hybridized carbons (Fsp3) is 0.500. The summed E-state index contributed by atoms with van der Waals surface area (Å²) in [7, 11) is 0. The number of H-pyrrole nitrogens is 1. The third-order valence-corrected chi connectivity index (χ3v) is 3.99. The second-order valence-electron chi connectivity index (χ2n) is 6.63. The molecule has 3 rings (SSSR count). The monoisotopic (exact) mass is 320 g/mol. The van der Waals surface area contributed by atoms with Crippen LogP contribution in [0.2, 0.25) is 0 Å². The van der Waals surface area contributed by atoms with E-state index in [0.29, 0.717) is 43.8 Å². The number of aromatic nitrogens is 2. The van der Waals surface area contributed by atoms with Crippen molar-refractivity contribution in [1.82, 2.24) is 19.8 Å². The van der Waals surface area contributed by atoms with E-state index >= 15 is 0 Å². The number of nitrogens with one attached hydrogen (secondary N) is 1. The molecule has 2 heterocycles. The van der Waals surface area contributed by atoms with Crippen LogP contribution in [0.4, 0.5) is 4.39 Å². The van der Waals surface area contributed by atoms with E-state index in [4.69, 9.17) is 0 Å². The van der Waals surface area contributed by atoms with Gasteiger partial charge in [-0.3, -0.25) is 9.69 Å². The molecule has 0 bridgehead atoms. The number of amides is 1. The van der Waals surface area contributed by atoms with Gasteiger partial charge in [-0.05, 0) is 26.0 Å². The molecule has 2 N–H and O–H groups in total. The number of aromatic amines is 1. The van der Waals surface area contributed by atoms with Crippen molar-refractivity contribution in [3.8, 4) is 0 Å². The average molecular weight is 320 g/mol. The van der Waals surface area contributed by atoms with Gasteiger partial charge in [-0.15, -0.1) is 0 Å². The van der Waals surface area contributed by atoms with Gasteiger partial charge in [-0.25, -0.2) is 9.37 Å². The number of halogens is 1. The highest BCUT2D eigenvalue weighted by molar-refractivity contribution is 6.04. The number of piperazine rings is 1. The fourth-order valence-electron chi connectivity index (χ4n) is 3.00. The Labute approximate surface area is 133 Å². The lowest BCUT2D eigenvalue weighted by molar-refractivity contribution is 0.0179. The van der Waals surface area contributed by atoms with E-state index in [1.165, 1.54) is 18.5 Å². The van der Waals surface area contributed by atoms with Crippen molar-refractivity contribution in [3.05, 3.63) is 29.8 Å². The summed E-state index contributed by atoms with van der Waals surface area (Å²) in [5.41, 5.74) is 0.553. The molecule has 23 heavy (non-hydrogen) atoms.